The minimum Gasteiger partial charge on any atom is -0.393 e. The van der Waals surface area contributed by atoms with Gasteiger partial charge < -0.3 is 15.3 Å². The van der Waals surface area contributed by atoms with Crippen molar-refractivity contribution in [3.05, 3.63) is 18.1 Å². The molecule has 1 aromatic rings. The van der Waals surface area contributed by atoms with Gasteiger partial charge in [-0.25, -0.2) is 14.4 Å². The fourth-order valence-electron chi connectivity index (χ4n) is 3.51. The molecular formula is C17H25FN4O2. The number of aliphatic hydroxyl groups excluding tert-OH is 1. The van der Waals surface area contributed by atoms with E-state index in [1.165, 1.54) is 0 Å². The van der Waals surface area contributed by atoms with Crippen LogP contribution in [0.1, 0.15) is 38.3 Å². The van der Waals surface area contributed by atoms with E-state index in [1.807, 2.05) is 6.07 Å². The molecule has 1 unspecified atom stereocenters. The molecule has 1 aliphatic heterocycles. The van der Waals surface area contributed by atoms with E-state index in [0.717, 1.165) is 37.3 Å². The number of nitrogens with zero attached hydrogens (tertiary/aromatic N) is 3. The van der Waals surface area contributed by atoms with Gasteiger partial charge in [0.2, 0.25) is 5.91 Å². The minimum atomic E-state index is -1.56. The van der Waals surface area contributed by atoms with Crippen molar-refractivity contribution in [2.24, 2.45) is 5.92 Å². The van der Waals surface area contributed by atoms with Crippen LogP contribution in [0.3, 0.4) is 0 Å². The highest BCUT2D eigenvalue weighted by atomic mass is 19.1. The number of hydrogen-bond acceptors (Lipinski definition) is 5. The first-order chi connectivity index (χ1) is 11.5. The Kier molecular flexibility index (Phi) is 4.99. The summed E-state index contributed by atoms with van der Waals surface area (Å²) in [6.07, 6.45) is 4.59. The van der Waals surface area contributed by atoms with Gasteiger partial charge in [0.1, 0.15) is 17.8 Å². The van der Waals surface area contributed by atoms with Crippen molar-refractivity contribution >= 4 is 11.7 Å². The maximum absolute atomic E-state index is 13.7. The molecule has 24 heavy (non-hydrogen) atoms. The SMILES string of the molecule is CCc1cc(N2CCCC(NC(=O)C3CC(F)(CO)C3)C2)ncn1. The largest absolute Gasteiger partial charge is 0.393 e. The van der Waals surface area contributed by atoms with E-state index < -0.39 is 12.3 Å². The van der Waals surface area contributed by atoms with Gasteiger partial charge in [-0.05, 0) is 32.1 Å². The number of rotatable bonds is 5. The van der Waals surface area contributed by atoms with Crippen LogP contribution >= 0.6 is 0 Å². The monoisotopic (exact) mass is 336 g/mol. The maximum Gasteiger partial charge on any atom is 0.223 e. The zero-order valence-corrected chi connectivity index (χ0v) is 14.0. The van der Waals surface area contributed by atoms with Gasteiger partial charge in [0.15, 0.2) is 0 Å². The molecule has 1 saturated heterocycles. The zero-order valence-electron chi connectivity index (χ0n) is 14.0. The number of carbonyl (C=O) groups is 1. The van der Waals surface area contributed by atoms with Crippen LogP contribution in [0.2, 0.25) is 0 Å². The molecule has 2 N–H and O–H groups in total. The van der Waals surface area contributed by atoms with E-state index in [1.54, 1.807) is 6.33 Å². The lowest BCUT2D eigenvalue weighted by atomic mass is 9.72. The van der Waals surface area contributed by atoms with Crippen molar-refractivity contribution in [3.8, 4) is 0 Å². The second-order valence-corrected chi connectivity index (χ2v) is 6.93. The summed E-state index contributed by atoms with van der Waals surface area (Å²) in [4.78, 5) is 23.0. The molecule has 132 valence electrons. The standard InChI is InChI=1S/C17H25FN4O2/c1-2-13-6-15(20-11-19-13)22-5-3-4-14(9-22)21-16(24)12-7-17(18,8-12)10-23/h6,11-12,14,23H,2-5,7-10H2,1H3,(H,21,24). The average molecular weight is 336 g/mol. The minimum absolute atomic E-state index is 0.0510. The lowest BCUT2D eigenvalue weighted by Gasteiger charge is -2.40. The van der Waals surface area contributed by atoms with Crippen molar-refractivity contribution in [3.63, 3.8) is 0 Å². The number of alkyl halides is 1. The van der Waals surface area contributed by atoms with E-state index in [4.69, 9.17) is 5.11 Å². The second kappa shape index (κ2) is 7.01. The normalized spacial score (nSPS) is 29.9. The Morgan fingerprint density at radius 3 is 3.00 bits per heavy atom. The number of halogens is 1. The molecule has 0 aromatic carbocycles. The first-order valence-electron chi connectivity index (χ1n) is 8.69. The Balaban J connectivity index is 1.55. The van der Waals surface area contributed by atoms with E-state index >= 15 is 0 Å². The van der Waals surface area contributed by atoms with Gasteiger partial charge >= 0.3 is 0 Å². The third-order valence-corrected chi connectivity index (χ3v) is 5.04. The van der Waals surface area contributed by atoms with Crippen LogP contribution in [-0.4, -0.2) is 52.4 Å². The summed E-state index contributed by atoms with van der Waals surface area (Å²) in [6.45, 7) is 3.18. The van der Waals surface area contributed by atoms with Gasteiger partial charge in [0.25, 0.3) is 0 Å². The van der Waals surface area contributed by atoms with Crippen molar-refractivity contribution in [2.75, 3.05) is 24.6 Å². The number of nitrogens with one attached hydrogen (secondary N) is 1. The van der Waals surface area contributed by atoms with Crippen LogP contribution in [0.15, 0.2) is 12.4 Å². The molecule has 0 spiro atoms. The molecule has 0 bridgehead atoms. The average Bonchev–Trinajstić information content (AvgIpc) is 2.59. The second-order valence-electron chi connectivity index (χ2n) is 6.93. The number of hydrogen-bond donors (Lipinski definition) is 2. The zero-order chi connectivity index (χ0) is 17.2. The molecular weight excluding hydrogens is 311 g/mol. The van der Waals surface area contributed by atoms with Crippen LogP contribution in [0.5, 0.6) is 0 Å². The van der Waals surface area contributed by atoms with Gasteiger partial charge in [-0.3, -0.25) is 4.79 Å². The summed E-state index contributed by atoms with van der Waals surface area (Å²) in [5.74, 6) is 0.483. The van der Waals surface area contributed by atoms with E-state index in [-0.39, 0.29) is 30.7 Å². The van der Waals surface area contributed by atoms with Gasteiger partial charge in [0, 0.05) is 36.8 Å². The lowest BCUT2D eigenvalue weighted by Crippen LogP contribution is -2.54. The Hall–Kier alpha value is -1.76. The number of aryl methyl sites for hydroxylation is 1. The van der Waals surface area contributed by atoms with Crippen molar-refractivity contribution in [2.45, 2.75) is 50.7 Å². The summed E-state index contributed by atoms with van der Waals surface area (Å²) in [5.41, 5.74) is -0.554. The molecule has 1 atom stereocenters. The Morgan fingerprint density at radius 1 is 1.50 bits per heavy atom. The van der Waals surface area contributed by atoms with Crippen LogP contribution in [0.4, 0.5) is 10.2 Å². The van der Waals surface area contributed by atoms with Crippen LogP contribution in [-0.2, 0) is 11.2 Å². The highest BCUT2D eigenvalue weighted by Crippen LogP contribution is 2.41. The van der Waals surface area contributed by atoms with Crippen molar-refractivity contribution in [1.29, 1.82) is 0 Å². The topological polar surface area (TPSA) is 78.4 Å². The highest BCUT2D eigenvalue weighted by molar-refractivity contribution is 5.80. The van der Waals surface area contributed by atoms with Crippen molar-refractivity contribution < 1.29 is 14.3 Å². The van der Waals surface area contributed by atoms with Crippen LogP contribution in [0, 0.1) is 5.92 Å². The molecule has 6 nitrogen and oxygen atoms in total. The van der Waals surface area contributed by atoms with E-state index in [9.17, 15) is 9.18 Å². The van der Waals surface area contributed by atoms with Crippen LogP contribution in [0.25, 0.3) is 0 Å². The highest BCUT2D eigenvalue weighted by Gasteiger charge is 2.48. The number of aliphatic hydroxyl groups is 1. The first kappa shape index (κ1) is 17.1. The molecule has 1 aliphatic carbocycles. The molecule has 0 radical (unpaired) electrons. The molecule has 1 aromatic heterocycles. The number of piperidine rings is 1. The smallest absolute Gasteiger partial charge is 0.223 e. The summed E-state index contributed by atoms with van der Waals surface area (Å²) < 4.78 is 13.7. The third kappa shape index (κ3) is 3.66. The van der Waals surface area contributed by atoms with Gasteiger partial charge in [0.05, 0.1) is 6.61 Å². The van der Waals surface area contributed by atoms with E-state index in [2.05, 4.69) is 27.1 Å². The predicted octanol–water partition coefficient (Wildman–Crippen LogP) is 1.23. The number of aromatic nitrogens is 2. The molecule has 2 heterocycles. The number of anilines is 1. The third-order valence-electron chi connectivity index (χ3n) is 5.04. The summed E-state index contributed by atoms with van der Waals surface area (Å²) in [7, 11) is 0. The maximum atomic E-state index is 13.7. The Labute approximate surface area is 141 Å². The summed E-state index contributed by atoms with van der Waals surface area (Å²) in [5, 5.41) is 12.0. The molecule has 3 rings (SSSR count). The lowest BCUT2D eigenvalue weighted by molar-refractivity contribution is -0.137. The number of carbonyl (C=O) groups excluding carboxylic acids is 1. The van der Waals surface area contributed by atoms with Crippen LogP contribution < -0.4 is 10.2 Å². The number of amides is 1. The van der Waals surface area contributed by atoms with Gasteiger partial charge in [-0.2, -0.15) is 0 Å². The summed E-state index contributed by atoms with van der Waals surface area (Å²) in [6, 6.07) is 2.05. The Morgan fingerprint density at radius 2 is 2.29 bits per heavy atom. The molecule has 1 amide bonds. The first-order valence-corrected chi connectivity index (χ1v) is 8.69. The molecule has 2 aliphatic rings. The quantitative estimate of drug-likeness (QED) is 0.846. The van der Waals surface area contributed by atoms with E-state index in [0.29, 0.717) is 6.54 Å². The molecule has 2 fully saturated rings. The molecule has 1 saturated carbocycles. The summed E-state index contributed by atoms with van der Waals surface area (Å²) >= 11 is 0. The van der Waals surface area contributed by atoms with Crippen molar-refractivity contribution in [1.82, 2.24) is 15.3 Å². The fraction of sp³-hybridized carbons (Fsp3) is 0.706. The van der Waals surface area contributed by atoms with Gasteiger partial charge in [-0.1, -0.05) is 6.92 Å². The molecule has 7 heteroatoms. The Bertz CT molecular complexity index is 592. The predicted molar refractivity (Wildman–Crippen MR) is 88.4 cm³/mol. The fourth-order valence-corrected chi connectivity index (χ4v) is 3.51. The van der Waals surface area contributed by atoms with Gasteiger partial charge in [-0.15, -0.1) is 0 Å².